The van der Waals surface area contributed by atoms with Crippen molar-refractivity contribution in [2.75, 3.05) is 20.2 Å². The number of nitrogens with two attached hydrogens (primary N) is 1. The maximum atomic E-state index is 11.7. The predicted octanol–water partition coefficient (Wildman–Crippen LogP) is 0.132. The van der Waals surface area contributed by atoms with E-state index in [9.17, 15) is 13.2 Å². The van der Waals surface area contributed by atoms with Crippen molar-refractivity contribution < 1.29 is 17.9 Å². The molecule has 0 aliphatic carbocycles. The van der Waals surface area contributed by atoms with Gasteiger partial charge in [-0.1, -0.05) is 6.07 Å². The minimum atomic E-state index is -3.62. The molecule has 0 radical (unpaired) electrons. The number of halogens is 1. The van der Waals surface area contributed by atoms with Gasteiger partial charge in [0.15, 0.2) is 0 Å². The molecule has 18 heavy (non-hydrogen) atoms. The molecular formula is C10H15ClN2O4S. The average Bonchev–Trinajstić information content (AvgIpc) is 2.35. The zero-order chi connectivity index (χ0) is 12.9. The van der Waals surface area contributed by atoms with Gasteiger partial charge < -0.3 is 10.5 Å². The van der Waals surface area contributed by atoms with Crippen LogP contribution in [0.15, 0.2) is 29.2 Å². The highest BCUT2D eigenvalue weighted by Crippen LogP contribution is 2.11. The minimum absolute atomic E-state index is 0. The van der Waals surface area contributed by atoms with E-state index in [2.05, 4.69) is 9.46 Å². The molecule has 0 atom stereocenters. The standard InChI is InChI=1S/C10H14N2O4S.ClH/c1-16-10(13)8-3-2-4-9(7-8)17(14,15)12-6-5-11;/h2-4,7,12H,5-6,11H2,1H3;1H. The van der Waals surface area contributed by atoms with Crippen LogP contribution in [0, 0.1) is 0 Å². The first-order valence-corrected chi connectivity index (χ1v) is 6.37. The smallest absolute Gasteiger partial charge is 0.337 e. The fraction of sp³-hybridized carbons (Fsp3) is 0.300. The van der Waals surface area contributed by atoms with Crippen molar-refractivity contribution in [2.45, 2.75) is 4.90 Å². The van der Waals surface area contributed by atoms with E-state index in [-0.39, 0.29) is 36.0 Å². The van der Waals surface area contributed by atoms with E-state index in [1.165, 1.54) is 31.4 Å². The van der Waals surface area contributed by atoms with Crippen LogP contribution in [0.5, 0.6) is 0 Å². The van der Waals surface area contributed by atoms with Gasteiger partial charge in [0.05, 0.1) is 17.6 Å². The minimum Gasteiger partial charge on any atom is -0.465 e. The number of hydrogen-bond donors (Lipinski definition) is 2. The Kier molecular flexibility index (Phi) is 6.85. The van der Waals surface area contributed by atoms with Gasteiger partial charge in [0.2, 0.25) is 10.0 Å². The van der Waals surface area contributed by atoms with Crippen LogP contribution in [0.25, 0.3) is 0 Å². The van der Waals surface area contributed by atoms with Gasteiger partial charge in [-0.2, -0.15) is 0 Å². The molecule has 1 aromatic carbocycles. The first-order chi connectivity index (χ1) is 8.01. The molecule has 6 nitrogen and oxygen atoms in total. The molecule has 0 amide bonds. The number of methoxy groups -OCH3 is 1. The van der Waals surface area contributed by atoms with Gasteiger partial charge >= 0.3 is 5.97 Å². The number of carbonyl (C=O) groups excluding carboxylic acids is 1. The Bertz CT molecular complexity index is 504. The van der Waals surface area contributed by atoms with E-state index in [0.717, 1.165) is 0 Å². The van der Waals surface area contributed by atoms with Gasteiger partial charge in [-0.05, 0) is 18.2 Å². The van der Waals surface area contributed by atoms with Crippen molar-refractivity contribution >= 4 is 28.4 Å². The SMILES string of the molecule is COC(=O)c1cccc(S(=O)(=O)NCCN)c1.Cl. The van der Waals surface area contributed by atoms with Crippen molar-refractivity contribution in [2.24, 2.45) is 5.73 Å². The van der Waals surface area contributed by atoms with E-state index in [1.807, 2.05) is 0 Å². The van der Waals surface area contributed by atoms with Crippen LogP contribution in [0.4, 0.5) is 0 Å². The quantitative estimate of drug-likeness (QED) is 0.752. The first-order valence-electron chi connectivity index (χ1n) is 4.89. The Labute approximate surface area is 112 Å². The van der Waals surface area contributed by atoms with Crippen LogP contribution in [0.3, 0.4) is 0 Å². The third kappa shape index (κ3) is 4.26. The lowest BCUT2D eigenvalue weighted by molar-refractivity contribution is 0.0600. The van der Waals surface area contributed by atoms with Gasteiger partial charge in [-0.3, -0.25) is 0 Å². The lowest BCUT2D eigenvalue weighted by atomic mass is 10.2. The highest BCUT2D eigenvalue weighted by Gasteiger charge is 2.15. The molecule has 0 aliphatic rings. The Balaban J connectivity index is 0.00000289. The molecule has 0 aromatic heterocycles. The van der Waals surface area contributed by atoms with E-state index in [4.69, 9.17) is 5.73 Å². The van der Waals surface area contributed by atoms with Gasteiger partial charge in [0.1, 0.15) is 0 Å². The topological polar surface area (TPSA) is 98.5 Å². The van der Waals surface area contributed by atoms with Crippen LogP contribution >= 0.6 is 12.4 Å². The summed E-state index contributed by atoms with van der Waals surface area (Å²) in [5, 5.41) is 0. The maximum absolute atomic E-state index is 11.7. The molecular weight excluding hydrogens is 280 g/mol. The molecule has 1 rings (SSSR count). The third-order valence-electron chi connectivity index (χ3n) is 2.00. The van der Waals surface area contributed by atoms with E-state index >= 15 is 0 Å². The van der Waals surface area contributed by atoms with Gasteiger partial charge in [-0.15, -0.1) is 12.4 Å². The van der Waals surface area contributed by atoms with Crippen molar-refractivity contribution in [1.82, 2.24) is 4.72 Å². The largest absolute Gasteiger partial charge is 0.465 e. The summed E-state index contributed by atoms with van der Waals surface area (Å²) in [5.41, 5.74) is 5.40. The zero-order valence-corrected chi connectivity index (χ0v) is 11.4. The number of hydrogen-bond acceptors (Lipinski definition) is 5. The Morgan fingerprint density at radius 1 is 1.44 bits per heavy atom. The molecule has 0 spiro atoms. The molecule has 0 saturated heterocycles. The lowest BCUT2D eigenvalue weighted by Crippen LogP contribution is -2.29. The Morgan fingerprint density at radius 3 is 2.67 bits per heavy atom. The number of benzene rings is 1. The molecule has 0 bridgehead atoms. The Morgan fingerprint density at radius 2 is 2.11 bits per heavy atom. The Hall–Kier alpha value is -1.15. The molecule has 8 heteroatoms. The second-order valence-electron chi connectivity index (χ2n) is 3.21. The summed E-state index contributed by atoms with van der Waals surface area (Å²) in [5.74, 6) is -0.583. The summed E-state index contributed by atoms with van der Waals surface area (Å²) in [6.45, 7) is 0.348. The average molecular weight is 295 g/mol. The monoisotopic (exact) mass is 294 g/mol. The van der Waals surface area contributed by atoms with Gasteiger partial charge in [0, 0.05) is 13.1 Å². The van der Waals surface area contributed by atoms with Crippen molar-refractivity contribution in [3.05, 3.63) is 29.8 Å². The fourth-order valence-corrected chi connectivity index (χ4v) is 2.28. The number of esters is 1. The number of ether oxygens (including phenoxy) is 1. The lowest BCUT2D eigenvalue weighted by Gasteiger charge is -2.06. The van der Waals surface area contributed by atoms with Crippen LogP contribution in [-0.2, 0) is 14.8 Å². The summed E-state index contributed by atoms with van der Waals surface area (Å²) < 4.78 is 30.3. The number of carbonyl (C=O) groups is 1. The van der Waals surface area contributed by atoms with Crippen LogP contribution in [-0.4, -0.2) is 34.6 Å². The van der Waals surface area contributed by atoms with Gasteiger partial charge in [-0.25, -0.2) is 17.9 Å². The van der Waals surface area contributed by atoms with Crippen molar-refractivity contribution in [1.29, 1.82) is 0 Å². The van der Waals surface area contributed by atoms with E-state index in [1.54, 1.807) is 0 Å². The molecule has 0 saturated carbocycles. The van der Waals surface area contributed by atoms with Crippen LogP contribution in [0.1, 0.15) is 10.4 Å². The first kappa shape index (κ1) is 16.9. The normalized spacial score (nSPS) is 10.6. The molecule has 0 fully saturated rings. The number of rotatable bonds is 5. The summed E-state index contributed by atoms with van der Waals surface area (Å²) in [4.78, 5) is 11.3. The highest BCUT2D eigenvalue weighted by molar-refractivity contribution is 7.89. The summed E-state index contributed by atoms with van der Waals surface area (Å²) in [6.07, 6.45) is 0. The van der Waals surface area contributed by atoms with E-state index in [0.29, 0.717) is 0 Å². The number of nitrogens with one attached hydrogen (secondary N) is 1. The van der Waals surface area contributed by atoms with Crippen molar-refractivity contribution in [3.8, 4) is 0 Å². The van der Waals surface area contributed by atoms with Crippen LogP contribution < -0.4 is 10.5 Å². The summed E-state index contributed by atoms with van der Waals surface area (Å²) in [6, 6.07) is 5.60. The predicted molar refractivity (Wildman–Crippen MR) is 69.3 cm³/mol. The molecule has 102 valence electrons. The molecule has 1 aromatic rings. The van der Waals surface area contributed by atoms with Crippen LogP contribution in [0.2, 0.25) is 0 Å². The second kappa shape index (κ2) is 7.32. The molecule has 0 aliphatic heterocycles. The van der Waals surface area contributed by atoms with Crippen molar-refractivity contribution in [3.63, 3.8) is 0 Å². The second-order valence-corrected chi connectivity index (χ2v) is 4.97. The number of sulfonamides is 1. The third-order valence-corrected chi connectivity index (χ3v) is 3.46. The fourth-order valence-electron chi connectivity index (χ4n) is 1.18. The van der Waals surface area contributed by atoms with E-state index < -0.39 is 16.0 Å². The zero-order valence-electron chi connectivity index (χ0n) is 9.75. The molecule has 0 unspecified atom stereocenters. The molecule has 3 N–H and O–H groups in total. The summed E-state index contributed by atoms with van der Waals surface area (Å²) >= 11 is 0. The highest BCUT2D eigenvalue weighted by atomic mass is 35.5. The summed E-state index contributed by atoms with van der Waals surface area (Å²) in [7, 11) is -2.39. The maximum Gasteiger partial charge on any atom is 0.337 e. The van der Waals surface area contributed by atoms with Gasteiger partial charge in [0.25, 0.3) is 0 Å². The molecule has 0 heterocycles.